The lowest BCUT2D eigenvalue weighted by atomic mass is 10.4. The average Bonchev–Trinajstić information content (AvgIpc) is 2.76. The zero-order valence-corrected chi connectivity index (χ0v) is 8.14. The first-order valence-electron chi connectivity index (χ1n) is 4.43. The first-order valence-corrected chi connectivity index (χ1v) is 4.43. The van der Waals surface area contributed by atoms with Gasteiger partial charge in [-0.1, -0.05) is 0 Å². The van der Waals surface area contributed by atoms with E-state index in [9.17, 15) is 9.59 Å². The molecule has 7 nitrogen and oxygen atoms in total. The molecule has 0 saturated heterocycles. The van der Waals surface area contributed by atoms with Crippen molar-refractivity contribution >= 4 is 11.8 Å². The van der Waals surface area contributed by atoms with Crippen molar-refractivity contribution in [1.82, 2.24) is 9.55 Å². The summed E-state index contributed by atoms with van der Waals surface area (Å²) in [4.78, 5) is 24.5. The Kier molecular flexibility index (Phi) is 2.28. The predicted octanol–water partition coefficient (Wildman–Crippen LogP) is 0.0981. The highest BCUT2D eigenvalue weighted by atomic mass is 16.4. The number of carboxylic acids is 1. The fourth-order valence-corrected chi connectivity index (χ4v) is 1.43. The molecule has 0 atom stereocenters. The molecular formula is C9H9N3O4. The van der Waals surface area contributed by atoms with Gasteiger partial charge in [0, 0.05) is 0 Å². The van der Waals surface area contributed by atoms with Crippen molar-refractivity contribution in [2.24, 2.45) is 0 Å². The van der Waals surface area contributed by atoms with E-state index in [-0.39, 0.29) is 18.1 Å². The van der Waals surface area contributed by atoms with Crippen LogP contribution < -0.4 is 11.4 Å². The highest BCUT2D eigenvalue weighted by molar-refractivity contribution is 5.90. The van der Waals surface area contributed by atoms with E-state index < -0.39 is 11.7 Å². The first-order chi connectivity index (χ1) is 7.59. The molecule has 2 heterocycles. The normalized spacial score (nSPS) is 10.5. The molecule has 0 bridgehead atoms. The minimum Gasteiger partial charge on any atom is -0.476 e. The molecule has 4 N–H and O–H groups in total. The van der Waals surface area contributed by atoms with E-state index in [1.54, 1.807) is 12.1 Å². The Morgan fingerprint density at radius 1 is 1.62 bits per heavy atom. The molecule has 16 heavy (non-hydrogen) atoms. The van der Waals surface area contributed by atoms with Gasteiger partial charge in [-0.25, -0.2) is 9.59 Å². The third-order valence-electron chi connectivity index (χ3n) is 2.11. The molecule has 2 aromatic heterocycles. The molecule has 2 rings (SSSR count). The second-order valence-corrected chi connectivity index (χ2v) is 3.16. The lowest BCUT2D eigenvalue weighted by Crippen LogP contribution is -2.21. The highest BCUT2D eigenvalue weighted by Gasteiger charge is 2.18. The number of nitrogens with two attached hydrogens (primary N) is 1. The Hall–Kier alpha value is -2.44. The number of carbonyl (C=O) groups is 1. The zero-order valence-electron chi connectivity index (χ0n) is 8.14. The number of imidazole rings is 1. The minimum absolute atomic E-state index is 0.0289. The Morgan fingerprint density at radius 3 is 2.94 bits per heavy atom. The molecule has 0 spiro atoms. The maximum Gasteiger partial charge on any atom is 0.356 e. The van der Waals surface area contributed by atoms with Crippen LogP contribution >= 0.6 is 0 Å². The summed E-state index contributed by atoms with van der Waals surface area (Å²) in [5, 5.41) is 8.90. The van der Waals surface area contributed by atoms with Crippen LogP contribution in [0.2, 0.25) is 0 Å². The number of nitrogen functional groups attached to an aromatic ring is 1. The van der Waals surface area contributed by atoms with Gasteiger partial charge in [-0.15, -0.1) is 0 Å². The van der Waals surface area contributed by atoms with Crippen molar-refractivity contribution in [2.75, 3.05) is 5.73 Å². The van der Waals surface area contributed by atoms with Gasteiger partial charge in [0.25, 0.3) is 0 Å². The van der Waals surface area contributed by atoms with E-state index in [2.05, 4.69) is 4.98 Å². The number of hydrogen-bond acceptors (Lipinski definition) is 4. The predicted molar refractivity (Wildman–Crippen MR) is 54.2 cm³/mol. The van der Waals surface area contributed by atoms with Gasteiger partial charge in [0.2, 0.25) is 0 Å². The number of carboxylic acid groups (broad SMARTS) is 1. The molecule has 0 unspecified atom stereocenters. The number of nitrogens with one attached hydrogen (secondary N) is 1. The molecule has 0 amide bonds. The highest BCUT2D eigenvalue weighted by Crippen LogP contribution is 2.09. The standard InChI is InChI=1S/C9H9N3O4/c10-7-6(8(13)14)12(9(15)11-7)4-5-2-1-3-16-5/h1-3H,4,10H2,(H,11,15)(H,13,14). The Balaban J connectivity index is 2.48. The molecule has 0 radical (unpaired) electrons. The second kappa shape index (κ2) is 3.61. The van der Waals surface area contributed by atoms with Crippen LogP contribution in [0.1, 0.15) is 16.2 Å². The Morgan fingerprint density at radius 2 is 2.38 bits per heavy atom. The molecule has 0 aliphatic heterocycles. The van der Waals surface area contributed by atoms with Crippen LogP contribution in [0.4, 0.5) is 5.82 Å². The average molecular weight is 223 g/mol. The van der Waals surface area contributed by atoms with Crippen LogP contribution in [0.15, 0.2) is 27.6 Å². The number of anilines is 1. The van der Waals surface area contributed by atoms with E-state index in [0.29, 0.717) is 5.76 Å². The van der Waals surface area contributed by atoms with Crippen molar-refractivity contribution in [3.05, 3.63) is 40.3 Å². The van der Waals surface area contributed by atoms with Crippen LogP contribution in [-0.4, -0.2) is 20.6 Å². The molecule has 0 fully saturated rings. The molecule has 0 aromatic carbocycles. The summed E-state index contributed by atoms with van der Waals surface area (Å²) >= 11 is 0. The lowest BCUT2D eigenvalue weighted by molar-refractivity contribution is 0.0686. The molecule has 7 heteroatoms. The zero-order chi connectivity index (χ0) is 11.7. The number of rotatable bonds is 3. The number of aromatic nitrogens is 2. The monoisotopic (exact) mass is 223 g/mol. The maximum absolute atomic E-state index is 11.4. The number of furan rings is 1. The topological polar surface area (TPSA) is 114 Å². The largest absolute Gasteiger partial charge is 0.476 e. The number of aromatic carboxylic acids is 1. The van der Waals surface area contributed by atoms with Crippen LogP contribution in [0.3, 0.4) is 0 Å². The summed E-state index contributed by atoms with van der Waals surface area (Å²) in [6, 6.07) is 3.29. The van der Waals surface area contributed by atoms with Crippen LogP contribution in [-0.2, 0) is 6.54 Å². The molecule has 0 aliphatic rings. The molecule has 0 aliphatic carbocycles. The van der Waals surface area contributed by atoms with E-state index in [1.165, 1.54) is 6.26 Å². The first kappa shape index (κ1) is 10.1. The van der Waals surface area contributed by atoms with Crippen molar-refractivity contribution in [1.29, 1.82) is 0 Å². The number of hydrogen-bond donors (Lipinski definition) is 3. The van der Waals surface area contributed by atoms with E-state index >= 15 is 0 Å². The summed E-state index contributed by atoms with van der Waals surface area (Å²) in [5.74, 6) is -0.949. The molecule has 0 saturated carbocycles. The summed E-state index contributed by atoms with van der Waals surface area (Å²) in [6.07, 6.45) is 1.44. The molecule has 84 valence electrons. The quantitative estimate of drug-likeness (QED) is 0.682. The van der Waals surface area contributed by atoms with Gasteiger partial charge in [0.15, 0.2) is 5.69 Å². The van der Waals surface area contributed by atoms with Gasteiger partial charge >= 0.3 is 11.7 Å². The second-order valence-electron chi connectivity index (χ2n) is 3.16. The third-order valence-corrected chi connectivity index (χ3v) is 2.11. The van der Waals surface area contributed by atoms with Crippen LogP contribution in [0, 0.1) is 0 Å². The van der Waals surface area contributed by atoms with E-state index in [0.717, 1.165) is 4.57 Å². The van der Waals surface area contributed by atoms with Gasteiger partial charge in [-0.05, 0) is 12.1 Å². The van der Waals surface area contributed by atoms with Crippen LogP contribution in [0.25, 0.3) is 0 Å². The SMILES string of the molecule is Nc1[nH]c(=O)n(Cc2ccco2)c1C(=O)O. The van der Waals surface area contributed by atoms with E-state index in [1.807, 2.05) is 0 Å². The van der Waals surface area contributed by atoms with Crippen molar-refractivity contribution in [2.45, 2.75) is 6.54 Å². The minimum atomic E-state index is -1.26. The summed E-state index contributed by atoms with van der Waals surface area (Å²) in [7, 11) is 0. The van der Waals surface area contributed by atoms with Crippen molar-refractivity contribution < 1.29 is 14.3 Å². The van der Waals surface area contributed by atoms with Gasteiger partial charge < -0.3 is 15.3 Å². The van der Waals surface area contributed by atoms with Crippen molar-refractivity contribution in [3.63, 3.8) is 0 Å². The Bertz CT molecular complexity index is 564. The smallest absolute Gasteiger partial charge is 0.356 e. The summed E-state index contributed by atoms with van der Waals surface area (Å²) in [5.41, 5.74) is 4.54. The van der Waals surface area contributed by atoms with Gasteiger partial charge in [-0.2, -0.15) is 0 Å². The van der Waals surface area contributed by atoms with Gasteiger partial charge in [-0.3, -0.25) is 9.55 Å². The molecule has 2 aromatic rings. The third kappa shape index (κ3) is 1.58. The Labute approximate surface area is 89.1 Å². The van der Waals surface area contributed by atoms with Crippen molar-refractivity contribution in [3.8, 4) is 0 Å². The number of nitrogens with zero attached hydrogens (tertiary/aromatic N) is 1. The summed E-state index contributed by atoms with van der Waals surface area (Å²) < 4.78 is 6.04. The fourth-order valence-electron chi connectivity index (χ4n) is 1.43. The lowest BCUT2D eigenvalue weighted by Gasteiger charge is -2.01. The summed E-state index contributed by atoms with van der Waals surface area (Å²) in [6.45, 7) is 0.0289. The van der Waals surface area contributed by atoms with Gasteiger partial charge in [0.05, 0.1) is 12.8 Å². The maximum atomic E-state index is 11.4. The molecular weight excluding hydrogens is 214 g/mol. The van der Waals surface area contributed by atoms with E-state index in [4.69, 9.17) is 15.3 Å². The van der Waals surface area contributed by atoms with Gasteiger partial charge in [0.1, 0.15) is 11.6 Å². The number of aromatic amines is 1. The number of H-pyrrole nitrogens is 1. The fraction of sp³-hybridized carbons (Fsp3) is 0.111. The van der Waals surface area contributed by atoms with Crippen LogP contribution in [0.5, 0.6) is 0 Å².